The monoisotopic (exact) mass is 462 g/mol. The molecule has 0 atom stereocenters. The second-order valence-corrected chi connectivity index (χ2v) is 22.3. The van der Waals surface area contributed by atoms with Gasteiger partial charge >= 0.3 is 162 Å². The van der Waals surface area contributed by atoms with Crippen LogP contribution in [0.15, 0.2) is 40.9 Å². The van der Waals surface area contributed by atoms with Crippen LogP contribution in [0, 0.1) is 5.41 Å². The van der Waals surface area contributed by atoms with E-state index >= 15 is 0 Å². The van der Waals surface area contributed by atoms with Crippen LogP contribution in [-0.2, 0) is 19.2 Å². The van der Waals surface area contributed by atoms with Crippen LogP contribution < -0.4 is 24.8 Å². The van der Waals surface area contributed by atoms with E-state index in [1.165, 1.54) is 6.42 Å². The zero-order valence-corrected chi connectivity index (χ0v) is 23.6. The van der Waals surface area contributed by atoms with E-state index < -0.39 is 16.1 Å². The molecule has 0 bridgehead atoms. The maximum absolute atomic E-state index is 2.63. The van der Waals surface area contributed by atoms with Gasteiger partial charge in [0.15, 0.2) is 0 Å². The molecule has 26 heavy (non-hydrogen) atoms. The van der Waals surface area contributed by atoms with Gasteiger partial charge in [-0.05, 0) is 0 Å². The third-order valence-electron chi connectivity index (χ3n) is 6.11. The van der Waals surface area contributed by atoms with Crippen molar-refractivity contribution in [1.82, 2.24) is 0 Å². The Morgan fingerprint density at radius 2 is 1.35 bits per heavy atom. The Hall–Kier alpha value is 0.688. The van der Waals surface area contributed by atoms with Crippen molar-refractivity contribution in [2.45, 2.75) is 80.3 Å². The van der Waals surface area contributed by atoms with Crippen LogP contribution >= 0.6 is 0 Å². The van der Waals surface area contributed by atoms with Crippen molar-refractivity contribution in [1.29, 1.82) is 0 Å². The standard InChI is InChI=1S/C11H21Si2.C10H15.2ClH.Ti/c1-12(2,3)10-7-8-11(9-10)13(4,5)6;1-7-6-10(4,5)9(3)8(7)2;;;/h7H,8H2,1-6H3;1-5H3;2*1H;/q;;;;+2/p-2. The minimum Gasteiger partial charge on any atom is -1.00 e. The molecule has 2 rings (SSSR count). The Balaban J connectivity index is 0.00000312. The minimum atomic E-state index is -1.26. The summed E-state index contributed by atoms with van der Waals surface area (Å²) in [4.78, 5) is 0. The van der Waals surface area contributed by atoms with E-state index in [1.807, 2.05) is 9.07 Å². The Morgan fingerprint density at radius 1 is 0.846 bits per heavy atom. The summed E-state index contributed by atoms with van der Waals surface area (Å²) in [5, 5.41) is 3.68. The summed E-state index contributed by atoms with van der Waals surface area (Å²) in [6, 6.07) is 0. The van der Waals surface area contributed by atoms with E-state index in [2.05, 4.69) is 80.0 Å². The van der Waals surface area contributed by atoms with Gasteiger partial charge in [-0.25, -0.2) is 0 Å². The number of halogens is 2. The largest absolute Gasteiger partial charge is 1.00 e. The van der Waals surface area contributed by atoms with Gasteiger partial charge in [-0.1, -0.05) is 0 Å². The summed E-state index contributed by atoms with van der Waals surface area (Å²) in [5.41, 5.74) is 5.05. The summed E-state index contributed by atoms with van der Waals surface area (Å²) in [6.07, 6.45) is 3.88. The van der Waals surface area contributed by atoms with Crippen molar-refractivity contribution in [3.8, 4) is 0 Å². The first-order chi connectivity index (χ1) is 10.7. The average Bonchev–Trinajstić information content (AvgIpc) is 2.90. The molecule has 2 aliphatic rings. The predicted octanol–water partition coefficient (Wildman–Crippen LogP) is 1.07. The molecule has 0 heterocycles. The molecule has 0 saturated heterocycles. The van der Waals surface area contributed by atoms with Crippen molar-refractivity contribution in [2.24, 2.45) is 5.41 Å². The van der Waals surface area contributed by atoms with Gasteiger partial charge in [-0.15, -0.1) is 0 Å². The van der Waals surface area contributed by atoms with Gasteiger partial charge in [0.25, 0.3) is 0 Å². The van der Waals surface area contributed by atoms with Crippen LogP contribution in [0.3, 0.4) is 0 Å². The fourth-order valence-electron chi connectivity index (χ4n) is 4.04. The van der Waals surface area contributed by atoms with E-state index in [1.54, 1.807) is 25.8 Å². The molecule has 0 aliphatic heterocycles. The molecule has 0 aromatic carbocycles. The molecule has 2 aliphatic carbocycles. The molecule has 0 nitrogen and oxygen atoms in total. The molecule has 0 aromatic heterocycles. The summed E-state index contributed by atoms with van der Waals surface area (Å²) < 4.78 is 3.67. The second-order valence-electron chi connectivity index (χ2n) is 10.2. The van der Waals surface area contributed by atoms with Gasteiger partial charge in [0, 0.05) is 0 Å². The first-order valence-electron chi connectivity index (χ1n) is 9.30. The van der Waals surface area contributed by atoms with Gasteiger partial charge in [-0.3, -0.25) is 0 Å². The molecule has 0 spiro atoms. The van der Waals surface area contributed by atoms with Gasteiger partial charge in [0.1, 0.15) is 0 Å². The Labute approximate surface area is 185 Å². The topological polar surface area (TPSA) is 0 Å². The number of rotatable bonds is 4. The summed E-state index contributed by atoms with van der Waals surface area (Å²) in [7, 11) is -2.50. The first-order valence-corrected chi connectivity index (χ1v) is 17.9. The number of hydrogen-bond acceptors (Lipinski definition) is 0. The van der Waals surface area contributed by atoms with Crippen molar-refractivity contribution in [3.63, 3.8) is 0 Å². The zero-order valence-electron chi connectivity index (χ0n) is 18.5. The fraction of sp³-hybridized carbons (Fsp3) is 0.619. The molecule has 0 amide bonds. The van der Waals surface area contributed by atoms with Crippen LogP contribution in [0.25, 0.3) is 0 Å². The van der Waals surface area contributed by atoms with E-state index in [9.17, 15) is 0 Å². The predicted molar refractivity (Wildman–Crippen MR) is 111 cm³/mol. The molecule has 0 N–H and O–H groups in total. The van der Waals surface area contributed by atoms with Gasteiger partial charge in [-0.2, -0.15) is 0 Å². The van der Waals surface area contributed by atoms with E-state index in [0.717, 1.165) is 0 Å². The van der Waals surface area contributed by atoms with Crippen LogP contribution in [0.5, 0.6) is 0 Å². The molecule has 0 fully saturated rings. The summed E-state index contributed by atoms with van der Waals surface area (Å²) >= 11 is -0.230. The smallest absolute Gasteiger partial charge is 1.00 e. The first kappa shape index (κ1) is 26.7. The van der Waals surface area contributed by atoms with Crippen LogP contribution in [0.2, 0.25) is 39.3 Å². The Morgan fingerprint density at radius 3 is 1.69 bits per heavy atom. The molecule has 0 radical (unpaired) electrons. The normalized spacial score (nSPS) is 20.0. The third-order valence-corrected chi connectivity index (χ3v) is 14.5. The molecule has 5 heteroatoms. The molecule has 146 valence electrons. The summed E-state index contributed by atoms with van der Waals surface area (Å²) in [5.74, 6) is 0. The average molecular weight is 463 g/mol. The minimum absolute atomic E-state index is 0. The maximum Gasteiger partial charge on any atom is -1.00 e. The van der Waals surface area contributed by atoms with Crippen molar-refractivity contribution >= 4 is 16.1 Å². The van der Waals surface area contributed by atoms with Gasteiger partial charge < -0.3 is 24.8 Å². The van der Waals surface area contributed by atoms with Crippen LogP contribution in [-0.4, -0.2) is 16.1 Å². The van der Waals surface area contributed by atoms with Crippen LogP contribution in [0.4, 0.5) is 0 Å². The van der Waals surface area contributed by atoms with E-state index in [4.69, 9.17) is 0 Å². The molecule has 0 saturated carbocycles. The fourth-order valence-corrected chi connectivity index (χ4v) is 13.9. The van der Waals surface area contributed by atoms with E-state index in [-0.39, 0.29) is 49.4 Å². The van der Waals surface area contributed by atoms with Crippen molar-refractivity contribution in [2.75, 3.05) is 0 Å². The number of hydrogen-bond donors (Lipinski definition) is 0. The van der Waals surface area contributed by atoms with Gasteiger partial charge in [0.2, 0.25) is 0 Å². The van der Waals surface area contributed by atoms with Crippen LogP contribution in [0.1, 0.15) is 41.0 Å². The molecular formula is C21H36Cl2Si2Ti. The zero-order chi connectivity index (χ0) is 18.7. The summed E-state index contributed by atoms with van der Waals surface area (Å²) in [6.45, 7) is 27.2. The van der Waals surface area contributed by atoms with Crippen molar-refractivity contribution in [3.05, 3.63) is 40.9 Å². The van der Waals surface area contributed by atoms with Crippen molar-refractivity contribution < 1.29 is 44.0 Å². The molecule has 0 aromatic rings. The Kier molecular flexibility index (Phi) is 8.82. The second kappa shape index (κ2) is 8.59. The third kappa shape index (κ3) is 4.81. The number of allylic oxidation sites excluding steroid dienone is 8. The maximum atomic E-state index is 2.63. The Bertz CT molecular complexity index is 697. The van der Waals surface area contributed by atoms with Gasteiger partial charge in [0.05, 0.1) is 0 Å². The SMILES string of the molecule is CC1=C(C)C(C)(C)[C]([Ti+2][C]2=C([Si](C)(C)C)CC=C2[Si](C)(C)C)=C1C.[Cl-].[Cl-]. The quantitative estimate of drug-likeness (QED) is 0.548. The van der Waals surface area contributed by atoms with E-state index in [0.29, 0.717) is 0 Å². The molecular weight excluding hydrogens is 427 g/mol. The molecule has 0 unspecified atom stereocenters.